The van der Waals surface area contributed by atoms with Crippen LogP contribution in [0.2, 0.25) is 0 Å². The minimum atomic E-state index is -0.0462. The summed E-state index contributed by atoms with van der Waals surface area (Å²) in [4.78, 5) is 14.2. The van der Waals surface area contributed by atoms with Crippen LogP contribution in [-0.2, 0) is 4.79 Å². The Bertz CT molecular complexity index is 433. The van der Waals surface area contributed by atoms with Crippen molar-refractivity contribution in [3.63, 3.8) is 0 Å². The van der Waals surface area contributed by atoms with Gasteiger partial charge < -0.3 is 16.2 Å². The zero-order valence-corrected chi connectivity index (χ0v) is 11.7. The Kier molecular flexibility index (Phi) is 5.38. The van der Waals surface area contributed by atoms with Crippen molar-refractivity contribution in [1.82, 2.24) is 4.90 Å². The normalized spacial score (nSPS) is 20.4. The number of likely N-dealkylation sites (tertiary alicyclic amines) is 1. The molecule has 1 fully saturated rings. The fourth-order valence-electron chi connectivity index (χ4n) is 2.60. The molecule has 1 atom stereocenters. The molecule has 20 heavy (non-hydrogen) atoms. The van der Waals surface area contributed by atoms with Gasteiger partial charge in [-0.25, -0.2) is 0 Å². The number of anilines is 2. The van der Waals surface area contributed by atoms with Crippen LogP contribution in [0, 0.1) is 0 Å². The summed E-state index contributed by atoms with van der Waals surface area (Å²) < 4.78 is 0. The van der Waals surface area contributed by atoms with Gasteiger partial charge >= 0.3 is 0 Å². The van der Waals surface area contributed by atoms with Gasteiger partial charge in [0.15, 0.2) is 0 Å². The Morgan fingerprint density at radius 1 is 1.30 bits per heavy atom. The standard InChI is InChI=1S/C15H23N3O2/c16-12-5-7-13(8-6-12)17-15(20)10-18-9-3-1-2-4-14(18)11-19/h5-8,14,19H,1-4,9-11,16H2,(H,17,20). The van der Waals surface area contributed by atoms with Gasteiger partial charge in [-0.05, 0) is 43.7 Å². The molecule has 110 valence electrons. The summed E-state index contributed by atoms with van der Waals surface area (Å²) in [7, 11) is 0. The lowest BCUT2D eigenvalue weighted by Gasteiger charge is -2.27. The molecular weight excluding hydrogens is 254 g/mol. The largest absolute Gasteiger partial charge is 0.399 e. The van der Waals surface area contributed by atoms with E-state index in [1.807, 2.05) is 0 Å². The highest BCUT2D eigenvalue weighted by Crippen LogP contribution is 2.16. The van der Waals surface area contributed by atoms with E-state index in [2.05, 4.69) is 10.2 Å². The van der Waals surface area contributed by atoms with Crippen molar-refractivity contribution in [1.29, 1.82) is 0 Å². The Balaban J connectivity index is 1.90. The van der Waals surface area contributed by atoms with Crippen molar-refractivity contribution >= 4 is 17.3 Å². The van der Waals surface area contributed by atoms with Crippen molar-refractivity contribution in [2.45, 2.75) is 31.7 Å². The molecule has 2 rings (SSSR count). The zero-order valence-electron chi connectivity index (χ0n) is 11.7. The number of aliphatic hydroxyl groups is 1. The number of carbonyl (C=O) groups excluding carboxylic acids is 1. The molecule has 1 aromatic rings. The Labute approximate surface area is 119 Å². The van der Waals surface area contributed by atoms with Crippen molar-refractivity contribution in [3.8, 4) is 0 Å². The molecule has 1 heterocycles. The van der Waals surface area contributed by atoms with E-state index in [-0.39, 0.29) is 18.6 Å². The van der Waals surface area contributed by atoms with Gasteiger partial charge in [-0.1, -0.05) is 12.8 Å². The van der Waals surface area contributed by atoms with Crippen LogP contribution in [0.1, 0.15) is 25.7 Å². The van der Waals surface area contributed by atoms with Gasteiger partial charge in [-0.15, -0.1) is 0 Å². The Hall–Kier alpha value is -1.59. The van der Waals surface area contributed by atoms with Gasteiger partial charge in [0.25, 0.3) is 0 Å². The maximum absolute atomic E-state index is 12.1. The van der Waals surface area contributed by atoms with Crippen molar-refractivity contribution in [2.75, 3.05) is 30.7 Å². The van der Waals surface area contributed by atoms with E-state index < -0.39 is 0 Å². The first kappa shape index (κ1) is 14.8. The number of nitrogens with two attached hydrogens (primary N) is 1. The molecule has 4 N–H and O–H groups in total. The summed E-state index contributed by atoms with van der Waals surface area (Å²) in [5.41, 5.74) is 7.04. The average Bonchev–Trinajstić information content (AvgIpc) is 2.66. The first-order valence-corrected chi connectivity index (χ1v) is 7.19. The van der Waals surface area contributed by atoms with Crippen LogP contribution < -0.4 is 11.1 Å². The van der Waals surface area contributed by atoms with E-state index in [4.69, 9.17) is 5.73 Å². The molecule has 1 aliphatic rings. The molecule has 0 spiro atoms. The van der Waals surface area contributed by atoms with Crippen LogP contribution in [0.4, 0.5) is 11.4 Å². The number of hydrogen-bond acceptors (Lipinski definition) is 4. The third-order valence-electron chi connectivity index (χ3n) is 3.75. The smallest absolute Gasteiger partial charge is 0.238 e. The predicted molar refractivity (Wildman–Crippen MR) is 80.4 cm³/mol. The third kappa shape index (κ3) is 4.21. The molecule has 5 nitrogen and oxygen atoms in total. The van der Waals surface area contributed by atoms with E-state index in [9.17, 15) is 9.90 Å². The first-order valence-electron chi connectivity index (χ1n) is 7.19. The first-order chi connectivity index (χ1) is 9.69. The number of nitrogen functional groups attached to an aromatic ring is 1. The quantitative estimate of drug-likeness (QED) is 0.728. The number of nitrogens with one attached hydrogen (secondary N) is 1. The van der Waals surface area contributed by atoms with E-state index in [0.29, 0.717) is 12.2 Å². The van der Waals surface area contributed by atoms with Gasteiger partial charge in [0.1, 0.15) is 0 Å². The molecule has 1 amide bonds. The Morgan fingerprint density at radius 2 is 2.05 bits per heavy atom. The molecule has 1 unspecified atom stereocenters. The molecule has 0 saturated carbocycles. The van der Waals surface area contributed by atoms with Gasteiger partial charge in [0, 0.05) is 17.4 Å². The molecule has 0 bridgehead atoms. The van der Waals surface area contributed by atoms with E-state index in [0.717, 1.165) is 31.5 Å². The molecule has 0 aromatic heterocycles. The van der Waals surface area contributed by atoms with Crippen molar-refractivity contribution in [3.05, 3.63) is 24.3 Å². The average molecular weight is 277 g/mol. The van der Waals surface area contributed by atoms with E-state index in [1.165, 1.54) is 6.42 Å². The maximum Gasteiger partial charge on any atom is 0.238 e. The van der Waals surface area contributed by atoms with Crippen LogP contribution in [0.15, 0.2) is 24.3 Å². The van der Waals surface area contributed by atoms with Gasteiger partial charge in [0.2, 0.25) is 5.91 Å². The van der Waals surface area contributed by atoms with Gasteiger partial charge in [0.05, 0.1) is 13.2 Å². The highest BCUT2D eigenvalue weighted by molar-refractivity contribution is 5.92. The number of rotatable bonds is 4. The lowest BCUT2D eigenvalue weighted by atomic mass is 10.1. The summed E-state index contributed by atoms with van der Waals surface area (Å²) in [5.74, 6) is -0.0462. The lowest BCUT2D eigenvalue weighted by Crippen LogP contribution is -2.42. The molecular formula is C15H23N3O2. The van der Waals surface area contributed by atoms with E-state index in [1.54, 1.807) is 24.3 Å². The lowest BCUT2D eigenvalue weighted by molar-refractivity contribution is -0.118. The number of amides is 1. The summed E-state index contributed by atoms with van der Waals surface area (Å²) >= 11 is 0. The second-order valence-electron chi connectivity index (χ2n) is 5.33. The monoisotopic (exact) mass is 277 g/mol. The van der Waals surface area contributed by atoms with Crippen LogP contribution in [0.3, 0.4) is 0 Å². The summed E-state index contributed by atoms with van der Waals surface area (Å²) in [6, 6.07) is 7.21. The van der Waals surface area contributed by atoms with Crippen molar-refractivity contribution < 1.29 is 9.90 Å². The van der Waals surface area contributed by atoms with Crippen molar-refractivity contribution in [2.24, 2.45) is 0 Å². The summed E-state index contributed by atoms with van der Waals surface area (Å²) in [6.45, 7) is 1.32. The molecule has 1 aromatic carbocycles. The second-order valence-corrected chi connectivity index (χ2v) is 5.33. The topological polar surface area (TPSA) is 78.6 Å². The SMILES string of the molecule is Nc1ccc(NC(=O)CN2CCCCCC2CO)cc1. The van der Waals surface area contributed by atoms with Gasteiger partial charge in [-0.3, -0.25) is 9.69 Å². The fourth-order valence-corrected chi connectivity index (χ4v) is 2.60. The highest BCUT2D eigenvalue weighted by atomic mass is 16.3. The van der Waals surface area contributed by atoms with Crippen LogP contribution >= 0.6 is 0 Å². The second kappa shape index (κ2) is 7.26. The third-order valence-corrected chi connectivity index (χ3v) is 3.75. The predicted octanol–water partition coefficient (Wildman–Crippen LogP) is 1.44. The molecule has 0 radical (unpaired) electrons. The minimum absolute atomic E-state index is 0.0462. The molecule has 1 aliphatic heterocycles. The maximum atomic E-state index is 12.1. The molecule has 0 aliphatic carbocycles. The molecule has 1 saturated heterocycles. The highest BCUT2D eigenvalue weighted by Gasteiger charge is 2.22. The van der Waals surface area contributed by atoms with E-state index >= 15 is 0 Å². The summed E-state index contributed by atoms with van der Waals surface area (Å²) in [5, 5.41) is 12.3. The van der Waals surface area contributed by atoms with Gasteiger partial charge in [-0.2, -0.15) is 0 Å². The minimum Gasteiger partial charge on any atom is -0.399 e. The zero-order chi connectivity index (χ0) is 14.4. The Morgan fingerprint density at radius 3 is 2.75 bits per heavy atom. The number of carbonyl (C=O) groups is 1. The number of aliphatic hydroxyl groups excluding tert-OH is 1. The van der Waals surface area contributed by atoms with Crippen LogP contribution in [0.5, 0.6) is 0 Å². The summed E-state index contributed by atoms with van der Waals surface area (Å²) in [6.07, 6.45) is 4.35. The number of nitrogens with zero attached hydrogens (tertiary/aromatic N) is 1. The van der Waals surface area contributed by atoms with Crippen LogP contribution in [-0.4, -0.2) is 41.7 Å². The number of hydrogen-bond donors (Lipinski definition) is 3. The fraction of sp³-hybridized carbons (Fsp3) is 0.533. The van der Waals surface area contributed by atoms with Crippen LogP contribution in [0.25, 0.3) is 0 Å². The molecule has 5 heteroatoms. The number of benzene rings is 1.